The van der Waals surface area contributed by atoms with Crippen LogP contribution in [-0.4, -0.2) is 20.1 Å². The molecule has 154 valence electrons. The first-order valence-electron chi connectivity index (χ1n) is 10.4. The van der Waals surface area contributed by atoms with E-state index in [0.29, 0.717) is 0 Å². The highest BCUT2D eigenvalue weighted by atomic mass is 28.3. The Hall–Kier alpha value is -2.80. The molecule has 3 aromatic rings. The number of methoxy groups -OCH3 is 1. The van der Waals surface area contributed by atoms with E-state index in [1.807, 2.05) is 12.1 Å². The molecular formula is C27H31NOSi. The smallest absolute Gasteiger partial charge is 0.129 e. The topological polar surface area (TPSA) is 12.5 Å². The van der Waals surface area contributed by atoms with E-state index in [1.54, 1.807) is 7.11 Å². The van der Waals surface area contributed by atoms with Gasteiger partial charge in [-0.2, -0.15) is 0 Å². The Kier molecular flexibility index (Phi) is 7.51. The Morgan fingerprint density at radius 1 is 0.767 bits per heavy atom. The van der Waals surface area contributed by atoms with Crippen LogP contribution in [0.15, 0.2) is 84.9 Å². The molecule has 0 heterocycles. The van der Waals surface area contributed by atoms with Gasteiger partial charge in [-0.05, 0) is 28.8 Å². The summed E-state index contributed by atoms with van der Waals surface area (Å²) >= 11 is 0. The molecule has 0 saturated heterocycles. The maximum absolute atomic E-state index is 5.37. The van der Waals surface area contributed by atoms with Crippen LogP contribution in [0.2, 0.25) is 19.6 Å². The van der Waals surface area contributed by atoms with Crippen molar-refractivity contribution in [3.63, 3.8) is 0 Å². The molecular weight excluding hydrogens is 382 g/mol. The largest absolute Gasteiger partial charge is 0.497 e. The molecule has 0 unspecified atom stereocenters. The van der Waals surface area contributed by atoms with E-state index in [-0.39, 0.29) is 6.04 Å². The van der Waals surface area contributed by atoms with Crippen LogP contribution in [-0.2, 0) is 13.1 Å². The SMILES string of the molecule is COc1ccc([C@H](C#C[Si](C)(C)C)N(Cc2ccccc2)Cc2ccccc2)cc1. The van der Waals surface area contributed by atoms with Gasteiger partial charge in [-0.3, -0.25) is 4.90 Å². The van der Waals surface area contributed by atoms with E-state index in [4.69, 9.17) is 4.74 Å². The lowest BCUT2D eigenvalue weighted by molar-refractivity contribution is 0.219. The van der Waals surface area contributed by atoms with Gasteiger partial charge >= 0.3 is 0 Å². The molecule has 0 saturated carbocycles. The van der Waals surface area contributed by atoms with Gasteiger partial charge in [0.2, 0.25) is 0 Å². The van der Waals surface area contributed by atoms with E-state index >= 15 is 0 Å². The van der Waals surface area contributed by atoms with Gasteiger partial charge in [0.25, 0.3) is 0 Å². The Bertz CT molecular complexity index is 925. The van der Waals surface area contributed by atoms with Crippen molar-refractivity contribution in [2.24, 2.45) is 0 Å². The minimum Gasteiger partial charge on any atom is -0.497 e. The fourth-order valence-electron chi connectivity index (χ4n) is 3.33. The Labute approximate surface area is 182 Å². The molecule has 3 rings (SSSR count). The minimum atomic E-state index is -1.51. The van der Waals surface area contributed by atoms with Gasteiger partial charge in [0, 0.05) is 13.1 Å². The molecule has 0 N–H and O–H groups in total. The summed E-state index contributed by atoms with van der Waals surface area (Å²) in [7, 11) is 0.190. The van der Waals surface area contributed by atoms with Gasteiger partial charge in [0.15, 0.2) is 0 Å². The van der Waals surface area contributed by atoms with Crippen molar-refractivity contribution in [1.29, 1.82) is 0 Å². The first kappa shape index (κ1) is 21.9. The van der Waals surface area contributed by atoms with E-state index in [2.05, 4.69) is 109 Å². The normalized spacial score (nSPS) is 12.2. The summed E-state index contributed by atoms with van der Waals surface area (Å²) in [6, 6.07) is 29.7. The summed E-state index contributed by atoms with van der Waals surface area (Å²) in [6.45, 7) is 8.57. The van der Waals surface area contributed by atoms with Crippen LogP contribution in [0.4, 0.5) is 0 Å². The average Bonchev–Trinajstić information content (AvgIpc) is 2.75. The van der Waals surface area contributed by atoms with Gasteiger partial charge in [0.1, 0.15) is 13.8 Å². The maximum Gasteiger partial charge on any atom is 0.129 e. The zero-order valence-corrected chi connectivity index (χ0v) is 19.4. The van der Waals surface area contributed by atoms with Crippen molar-refractivity contribution < 1.29 is 4.74 Å². The summed E-state index contributed by atoms with van der Waals surface area (Å²) < 4.78 is 5.37. The summed E-state index contributed by atoms with van der Waals surface area (Å²) in [5.41, 5.74) is 7.41. The van der Waals surface area contributed by atoms with Crippen LogP contribution in [0.1, 0.15) is 22.7 Å². The van der Waals surface area contributed by atoms with E-state index < -0.39 is 8.07 Å². The van der Waals surface area contributed by atoms with Crippen molar-refractivity contribution in [3.05, 3.63) is 102 Å². The lowest BCUT2D eigenvalue weighted by Crippen LogP contribution is -2.28. The monoisotopic (exact) mass is 413 g/mol. The molecule has 0 aliphatic rings. The highest BCUT2D eigenvalue weighted by Gasteiger charge is 2.20. The molecule has 0 aromatic heterocycles. The second-order valence-corrected chi connectivity index (χ2v) is 13.3. The summed E-state index contributed by atoms with van der Waals surface area (Å²) in [6.07, 6.45) is 0. The first-order valence-corrected chi connectivity index (χ1v) is 13.9. The molecule has 3 heteroatoms. The summed E-state index contributed by atoms with van der Waals surface area (Å²) in [5, 5.41) is 0. The van der Waals surface area contributed by atoms with Gasteiger partial charge in [-0.15, -0.1) is 5.54 Å². The standard InChI is InChI=1S/C27H31NOSi/c1-29-26-17-15-25(16-18-26)27(19-20-30(2,3)4)28(21-23-11-7-5-8-12-23)22-24-13-9-6-10-14-24/h5-18,27H,21-22H2,1-4H3/t27-/m0/s1. The second-order valence-electron chi connectivity index (χ2n) is 8.57. The predicted octanol–water partition coefficient (Wildman–Crippen LogP) is 6.32. The summed E-state index contributed by atoms with van der Waals surface area (Å²) in [4.78, 5) is 2.47. The third-order valence-corrected chi connectivity index (χ3v) is 5.73. The van der Waals surface area contributed by atoms with Crippen molar-refractivity contribution in [3.8, 4) is 17.2 Å². The number of nitrogens with zero attached hydrogens (tertiary/aromatic N) is 1. The number of benzene rings is 3. The van der Waals surface area contributed by atoms with E-state index in [0.717, 1.165) is 18.8 Å². The number of hydrogen-bond acceptors (Lipinski definition) is 2. The quantitative estimate of drug-likeness (QED) is 0.332. The molecule has 0 amide bonds. The van der Waals surface area contributed by atoms with Crippen LogP contribution in [0.25, 0.3) is 0 Å². The molecule has 1 atom stereocenters. The zero-order valence-electron chi connectivity index (χ0n) is 18.4. The van der Waals surface area contributed by atoms with Gasteiger partial charge in [-0.1, -0.05) is 98.4 Å². The molecule has 0 bridgehead atoms. The highest BCUT2D eigenvalue weighted by Crippen LogP contribution is 2.27. The van der Waals surface area contributed by atoms with Crippen LogP contribution in [0, 0.1) is 11.5 Å². The predicted molar refractivity (Wildman–Crippen MR) is 129 cm³/mol. The average molecular weight is 414 g/mol. The van der Waals surface area contributed by atoms with Gasteiger partial charge in [0.05, 0.1) is 13.2 Å². The second kappa shape index (κ2) is 10.3. The van der Waals surface area contributed by atoms with Crippen LogP contribution < -0.4 is 4.74 Å². The number of ether oxygens (including phenoxy) is 1. The van der Waals surface area contributed by atoms with Gasteiger partial charge < -0.3 is 4.74 Å². The molecule has 2 nitrogen and oxygen atoms in total. The van der Waals surface area contributed by atoms with E-state index in [1.165, 1.54) is 16.7 Å². The zero-order chi connectivity index (χ0) is 21.4. The van der Waals surface area contributed by atoms with Crippen LogP contribution >= 0.6 is 0 Å². The first-order chi connectivity index (χ1) is 14.4. The molecule has 0 radical (unpaired) electrons. The molecule has 0 spiro atoms. The highest BCUT2D eigenvalue weighted by molar-refractivity contribution is 6.83. The molecule has 3 aromatic carbocycles. The van der Waals surface area contributed by atoms with Crippen LogP contribution in [0.5, 0.6) is 5.75 Å². The molecule has 0 aliphatic heterocycles. The molecule has 0 aliphatic carbocycles. The summed E-state index contributed by atoms with van der Waals surface area (Å²) in [5.74, 6) is 4.52. The number of rotatable bonds is 7. The third kappa shape index (κ3) is 6.62. The van der Waals surface area contributed by atoms with E-state index in [9.17, 15) is 0 Å². The van der Waals surface area contributed by atoms with Gasteiger partial charge in [-0.25, -0.2) is 0 Å². The molecule has 30 heavy (non-hydrogen) atoms. The van der Waals surface area contributed by atoms with Crippen molar-refractivity contribution in [1.82, 2.24) is 4.90 Å². The van der Waals surface area contributed by atoms with Crippen molar-refractivity contribution in [2.45, 2.75) is 38.8 Å². The Balaban J connectivity index is 2.01. The lowest BCUT2D eigenvalue weighted by Gasteiger charge is -2.29. The molecule has 0 fully saturated rings. The maximum atomic E-state index is 5.37. The van der Waals surface area contributed by atoms with Crippen molar-refractivity contribution in [2.75, 3.05) is 7.11 Å². The third-order valence-electron chi connectivity index (χ3n) is 4.84. The lowest BCUT2D eigenvalue weighted by atomic mass is 10.0. The fraction of sp³-hybridized carbons (Fsp3) is 0.259. The fourth-order valence-corrected chi connectivity index (χ4v) is 3.90. The van der Waals surface area contributed by atoms with Crippen molar-refractivity contribution >= 4 is 8.07 Å². The Morgan fingerprint density at radius 2 is 1.27 bits per heavy atom. The van der Waals surface area contributed by atoms with Crippen LogP contribution in [0.3, 0.4) is 0 Å². The number of hydrogen-bond donors (Lipinski definition) is 0. The Morgan fingerprint density at radius 3 is 1.70 bits per heavy atom. The minimum absolute atomic E-state index is 0.0167.